The molecule has 1 aromatic heterocycles. The second-order valence-corrected chi connectivity index (χ2v) is 3.91. The number of nitrogens with zero attached hydrogens (tertiary/aromatic N) is 3. The fourth-order valence-corrected chi connectivity index (χ4v) is 1.81. The van der Waals surface area contributed by atoms with Crippen LogP contribution < -0.4 is 5.32 Å². The molecule has 1 aliphatic rings. The van der Waals surface area contributed by atoms with Gasteiger partial charge in [0.1, 0.15) is 6.20 Å². The van der Waals surface area contributed by atoms with Gasteiger partial charge >= 0.3 is 5.69 Å². The zero-order valence-corrected chi connectivity index (χ0v) is 9.21. The third-order valence-corrected chi connectivity index (χ3v) is 2.70. The van der Waals surface area contributed by atoms with Gasteiger partial charge < -0.3 is 10.1 Å². The number of ether oxygens (including phenoxy) is 1. The first-order valence-electron chi connectivity index (χ1n) is 5.14. The van der Waals surface area contributed by atoms with Crippen LogP contribution in [0.5, 0.6) is 0 Å². The first-order chi connectivity index (χ1) is 7.58. The summed E-state index contributed by atoms with van der Waals surface area (Å²) in [5.74, 6) is 0.315. The van der Waals surface area contributed by atoms with Crippen molar-refractivity contribution in [2.75, 3.05) is 11.9 Å². The van der Waals surface area contributed by atoms with Crippen LogP contribution in [0.1, 0.15) is 13.3 Å². The Kier molecular flexibility index (Phi) is 2.78. The highest BCUT2D eigenvalue weighted by Gasteiger charge is 2.28. The van der Waals surface area contributed by atoms with E-state index >= 15 is 0 Å². The molecular formula is C9H14N4O3. The average molecular weight is 226 g/mol. The average Bonchev–Trinajstić information content (AvgIpc) is 2.75. The van der Waals surface area contributed by atoms with E-state index < -0.39 is 4.92 Å². The van der Waals surface area contributed by atoms with E-state index in [0.29, 0.717) is 12.4 Å². The Morgan fingerprint density at radius 3 is 3.06 bits per heavy atom. The van der Waals surface area contributed by atoms with E-state index in [0.717, 1.165) is 6.42 Å². The van der Waals surface area contributed by atoms with Crippen molar-refractivity contribution in [2.45, 2.75) is 25.5 Å². The fraction of sp³-hybridized carbons (Fsp3) is 0.667. The minimum atomic E-state index is -0.435. The van der Waals surface area contributed by atoms with Crippen molar-refractivity contribution in [3.8, 4) is 0 Å². The lowest BCUT2D eigenvalue weighted by Crippen LogP contribution is -2.27. The molecule has 1 aromatic rings. The Morgan fingerprint density at radius 1 is 1.75 bits per heavy atom. The van der Waals surface area contributed by atoms with Gasteiger partial charge in [-0.05, 0) is 13.3 Å². The van der Waals surface area contributed by atoms with E-state index in [1.54, 1.807) is 7.05 Å². The minimum Gasteiger partial charge on any atom is -0.376 e. The van der Waals surface area contributed by atoms with Crippen LogP contribution >= 0.6 is 0 Å². The van der Waals surface area contributed by atoms with E-state index in [-0.39, 0.29) is 17.8 Å². The smallest absolute Gasteiger partial charge is 0.330 e. The third-order valence-electron chi connectivity index (χ3n) is 2.70. The van der Waals surface area contributed by atoms with Crippen LogP contribution in [0.3, 0.4) is 0 Å². The Bertz CT molecular complexity index is 403. The summed E-state index contributed by atoms with van der Waals surface area (Å²) in [6.07, 6.45) is 2.29. The maximum absolute atomic E-state index is 10.8. The van der Waals surface area contributed by atoms with E-state index in [4.69, 9.17) is 4.74 Å². The van der Waals surface area contributed by atoms with Crippen molar-refractivity contribution in [2.24, 2.45) is 7.05 Å². The fourth-order valence-electron chi connectivity index (χ4n) is 1.81. The summed E-state index contributed by atoms with van der Waals surface area (Å²) in [7, 11) is 1.66. The van der Waals surface area contributed by atoms with Gasteiger partial charge in [0, 0.05) is 13.7 Å². The number of aromatic nitrogens is 2. The Balaban J connectivity index is 2.17. The second-order valence-electron chi connectivity index (χ2n) is 3.91. The first kappa shape index (κ1) is 10.9. The van der Waals surface area contributed by atoms with Crippen molar-refractivity contribution < 1.29 is 9.66 Å². The minimum absolute atomic E-state index is 0.00148. The van der Waals surface area contributed by atoms with Crippen LogP contribution in [0, 0.1) is 10.1 Å². The molecule has 2 unspecified atom stereocenters. The molecule has 7 nitrogen and oxygen atoms in total. The second kappa shape index (κ2) is 4.09. The number of rotatable bonds is 3. The molecule has 0 aliphatic carbocycles. The molecule has 88 valence electrons. The van der Waals surface area contributed by atoms with Crippen molar-refractivity contribution >= 4 is 11.5 Å². The summed E-state index contributed by atoms with van der Waals surface area (Å²) in [5, 5.41) is 17.9. The summed E-state index contributed by atoms with van der Waals surface area (Å²) in [4.78, 5) is 10.3. The zero-order chi connectivity index (χ0) is 11.7. The van der Waals surface area contributed by atoms with Gasteiger partial charge in [-0.25, -0.2) is 0 Å². The van der Waals surface area contributed by atoms with Crippen LogP contribution in [-0.4, -0.2) is 33.5 Å². The highest BCUT2D eigenvalue weighted by Crippen LogP contribution is 2.25. The lowest BCUT2D eigenvalue weighted by atomic mass is 10.1. The van der Waals surface area contributed by atoms with Gasteiger partial charge in [0.2, 0.25) is 5.82 Å². The van der Waals surface area contributed by atoms with Crippen molar-refractivity contribution in [3.05, 3.63) is 16.3 Å². The molecule has 16 heavy (non-hydrogen) atoms. The molecule has 2 heterocycles. The molecule has 1 N–H and O–H groups in total. The number of anilines is 1. The van der Waals surface area contributed by atoms with Gasteiger partial charge in [0.05, 0.1) is 17.1 Å². The van der Waals surface area contributed by atoms with Gasteiger partial charge in [0.25, 0.3) is 0 Å². The normalized spacial score (nSPS) is 24.6. The Hall–Kier alpha value is -1.63. The molecule has 2 atom stereocenters. The predicted molar refractivity (Wildman–Crippen MR) is 57.3 cm³/mol. The summed E-state index contributed by atoms with van der Waals surface area (Å²) >= 11 is 0. The SMILES string of the molecule is CC1OCCC1Nc1nn(C)cc1[N+](=O)[O-]. The van der Waals surface area contributed by atoms with E-state index in [9.17, 15) is 10.1 Å². The van der Waals surface area contributed by atoms with Crippen molar-refractivity contribution in [1.29, 1.82) is 0 Å². The molecule has 7 heteroatoms. The van der Waals surface area contributed by atoms with Crippen LogP contribution in [0.25, 0.3) is 0 Å². The van der Waals surface area contributed by atoms with E-state index in [1.165, 1.54) is 10.9 Å². The van der Waals surface area contributed by atoms with Gasteiger partial charge in [-0.15, -0.1) is 5.10 Å². The molecule has 0 saturated carbocycles. The summed E-state index contributed by atoms with van der Waals surface area (Å²) < 4.78 is 6.81. The molecule has 2 rings (SSSR count). The molecule has 0 aromatic carbocycles. The third kappa shape index (κ3) is 1.99. The quantitative estimate of drug-likeness (QED) is 0.612. The predicted octanol–water partition coefficient (Wildman–Crippen LogP) is 0.918. The Morgan fingerprint density at radius 2 is 2.50 bits per heavy atom. The molecule has 0 radical (unpaired) electrons. The molecule has 1 aliphatic heterocycles. The molecule has 1 saturated heterocycles. The summed E-state index contributed by atoms with van der Waals surface area (Å²) in [6, 6.07) is 0.0913. The monoisotopic (exact) mass is 226 g/mol. The van der Waals surface area contributed by atoms with E-state index in [2.05, 4.69) is 10.4 Å². The highest BCUT2D eigenvalue weighted by atomic mass is 16.6. The van der Waals surface area contributed by atoms with Crippen molar-refractivity contribution in [3.63, 3.8) is 0 Å². The van der Waals surface area contributed by atoms with Crippen molar-refractivity contribution in [1.82, 2.24) is 9.78 Å². The van der Waals surface area contributed by atoms with Crippen LogP contribution in [0.15, 0.2) is 6.20 Å². The number of hydrogen-bond acceptors (Lipinski definition) is 5. The molecule has 0 amide bonds. The van der Waals surface area contributed by atoms with Gasteiger partial charge in [0.15, 0.2) is 0 Å². The maximum atomic E-state index is 10.8. The van der Waals surface area contributed by atoms with Gasteiger partial charge in [-0.1, -0.05) is 0 Å². The van der Waals surface area contributed by atoms with Gasteiger partial charge in [-0.3, -0.25) is 14.8 Å². The summed E-state index contributed by atoms with van der Waals surface area (Å²) in [5.41, 5.74) is 0.00148. The summed E-state index contributed by atoms with van der Waals surface area (Å²) in [6.45, 7) is 2.62. The first-order valence-corrected chi connectivity index (χ1v) is 5.14. The zero-order valence-electron chi connectivity index (χ0n) is 9.21. The lowest BCUT2D eigenvalue weighted by Gasteiger charge is -2.14. The lowest BCUT2D eigenvalue weighted by molar-refractivity contribution is -0.384. The number of nitrogens with one attached hydrogen (secondary N) is 1. The molecular weight excluding hydrogens is 212 g/mol. The van der Waals surface area contributed by atoms with E-state index in [1.807, 2.05) is 6.92 Å². The van der Waals surface area contributed by atoms with Crippen LogP contribution in [0.2, 0.25) is 0 Å². The maximum Gasteiger partial charge on any atom is 0.330 e. The highest BCUT2D eigenvalue weighted by molar-refractivity contribution is 5.55. The van der Waals surface area contributed by atoms with Gasteiger partial charge in [-0.2, -0.15) is 0 Å². The van der Waals surface area contributed by atoms with Crippen LogP contribution in [0.4, 0.5) is 11.5 Å². The number of aryl methyl sites for hydroxylation is 1. The topological polar surface area (TPSA) is 82.2 Å². The molecule has 0 spiro atoms. The number of nitro groups is 1. The van der Waals surface area contributed by atoms with Crippen LogP contribution in [-0.2, 0) is 11.8 Å². The molecule has 1 fully saturated rings. The number of hydrogen-bond donors (Lipinski definition) is 1. The molecule has 0 bridgehead atoms. The largest absolute Gasteiger partial charge is 0.376 e. The standard InChI is InChI=1S/C9H14N4O3/c1-6-7(3-4-16-6)10-9-8(13(14)15)5-12(2)11-9/h5-7H,3-4H2,1-2H3,(H,10,11). The Labute approximate surface area is 92.5 Å².